The van der Waals surface area contributed by atoms with E-state index in [0.717, 1.165) is 6.54 Å². The molecular formula is C14H22FIN4O. The van der Waals surface area contributed by atoms with Crippen LogP contribution in [0, 0.1) is 11.7 Å². The summed E-state index contributed by atoms with van der Waals surface area (Å²) in [6.45, 7) is 5.04. The van der Waals surface area contributed by atoms with Crippen LogP contribution in [0.4, 0.5) is 10.1 Å². The number of benzene rings is 1. The average Bonchev–Trinajstić information content (AvgIpc) is 2.41. The normalized spacial score (nSPS) is 10.8. The SMILES string of the molecule is CN=C(NCC(=O)Nc1ccc(F)cc1)NCC(C)C.I. The van der Waals surface area contributed by atoms with Gasteiger partial charge in [0, 0.05) is 19.3 Å². The number of carbonyl (C=O) groups excluding carboxylic acids is 1. The molecule has 0 aliphatic heterocycles. The number of aliphatic imine (C=N–C) groups is 1. The Morgan fingerprint density at radius 1 is 1.24 bits per heavy atom. The van der Waals surface area contributed by atoms with Gasteiger partial charge >= 0.3 is 0 Å². The van der Waals surface area contributed by atoms with E-state index in [1.807, 2.05) is 0 Å². The zero-order valence-electron chi connectivity index (χ0n) is 12.4. The molecule has 0 radical (unpaired) electrons. The van der Waals surface area contributed by atoms with Gasteiger partial charge in [-0.05, 0) is 30.2 Å². The molecule has 0 aliphatic carbocycles. The second-order valence-electron chi connectivity index (χ2n) is 4.76. The quantitative estimate of drug-likeness (QED) is 0.398. The average molecular weight is 408 g/mol. The van der Waals surface area contributed by atoms with E-state index in [-0.39, 0.29) is 42.2 Å². The maximum absolute atomic E-state index is 12.7. The van der Waals surface area contributed by atoms with Gasteiger partial charge in [0.2, 0.25) is 5.91 Å². The fourth-order valence-electron chi connectivity index (χ4n) is 1.42. The zero-order valence-corrected chi connectivity index (χ0v) is 14.8. The Morgan fingerprint density at radius 3 is 2.38 bits per heavy atom. The van der Waals surface area contributed by atoms with Gasteiger partial charge in [-0.1, -0.05) is 13.8 Å². The highest BCUT2D eigenvalue weighted by Gasteiger charge is 2.04. The van der Waals surface area contributed by atoms with Crippen LogP contribution in [-0.2, 0) is 4.79 Å². The smallest absolute Gasteiger partial charge is 0.243 e. The summed E-state index contributed by atoms with van der Waals surface area (Å²) in [4.78, 5) is 15.7. The lowest BCUT2D eigenvalue weighted by molar-refractivity contribution is -0.115. The number of anilines is 1. The molecule has 118 valence electrons. The predicted molar refractivity (Wildman–Crippen MR) is 94.6 cm³/mol. The van der Waals surface area contributed by atoms with Crippen molar-refractivity contribution in [2.75, 3.05) is 25.5 Å². The largest absolute Gasteiger partial charge is 0.356 e. The predicted octanol–water partition coefficient (Wildman–Crippen LogP) is 2.20. The number of carbonyl (C=O) groups is 1. The second kappa shape index (κ2) is 10.4. The Morgan fingerprint density at radius 2 is 1.86 bits per heavy atom. The number of nitrogens with zero attached hydrogens (tertiary/aromatic N) is 1. The van der Waals surface area contributed by atoms with Crippen molar-refractivity contribution in [1.82, 2.24) is 10.6 Å². The fourth-order valence-corrected chi connectivity index (χ4v) is 1.42. The van der Waals surface area contributed by atoms with Gasteiger partial charge in [-0.3, -0.25) is 9.79 Å². The molecule has 7 heteroatoms. The monoisotopic (exact) mass is 408 g/mol. The van der Waals surface area contributed by atoms with E-state index in [1.54, 1.807) is 7.05 Å². The van der Waals surface area contributed by atoms with Gasteiger partial charge in [-0.2, -0.15) is 0 Å². The van der Waals surface area contributed by atoms with Crippen LogP contribution in [0.3, 0.4) is 0 Å². The minimum atomic E-state index is -0.334. The van der Waals surface area contributed by atoms with Gasteiger partial charge in [-0.25, -0.2) is 4.39 Å². The van der Waals surface area contributed by atoms with Crippen LogP contribution in [0.1, 0.15) is 13.8 Å². The van der Waals surface area contributed by atoms with Crippen molar-refractivity contribution in [2.45, 2.75) is 13.8 Å². The van der Waals surface area contributed by atoms with Gasteiger partial charge in [0.25, 0.3) is 0 Å². The molecule has 21 heavy (non-hydrogen) atoms. The van der Waals surface area contributed by atoms with Crippen molar-refractivity contribution >= 4 is 41.5 Å². The molecule has 1 aromatic rings. The molecule has 3 N–H and O–H groups in total. The highest BCUT2D eigenvalue weighted by Crippen LogP contribution is 2.07. The summed E-state index contributed by atoms with van der Waals surface area (Å²) in [6, 6.07) is 5.62. The summed E-state index contributed by atoms with van der Waals surface area (Å²) < 4.78 is 12.7. The third-order valence-corrected chi connectivity index (χ3v) is 2.45. The number of hydrogen-bond donors (Lipinski definition) is 3. The summed E-state index contributed by atoms with van der Waals surface area (Å²) in [5.41, 5.74) is 0.559. The fraction of sp³-hybridized carbons (Fsp3) is 0.429. The van der Waals surface area contributed by atoms with E-state index in [4.69, 9.17) is 0 Å². The van der Waals surface area contributed by atoms with Crippen molar-refractivity contribution in [1.29, 1.82) is 0 Å². The van der Waals surface area contributed by atoms with Crippen molar-refractivity contribution in [3.63, 3.8) is 0 Å². The number of nitrogens with one attached hydrogen (secondary N) is 3. The van der Waals surface area contributed by atoms with Gasteiger partial charge in [0.1, 0.15) is 5.82 Å². The van der Waals surface area contributed by atoms with Crippen molar-refractivity contribution < 1.29 is 9.18 Å². The molecule has 0 bridgehead atoms. The summed E-state index contributed by atoms with van der Waals surface area (Å²) in [5.74, 6) is 0.512. The first-order valence-electron chi connectivity index (χ1n) is 6.51. The van der Waals surface area contributed by atoms with Crippen LogP contribution in [0.5, 0.6) is 0 Å². The zero-order chi connectivity index (χ0) is 15.0. The lowest BCUT2D eigenvalue weighted by Gasteiger charge is -2.13. The molecule has 5 nitrogen and oxygen atoms in total. The standard InChI is InChI=1S/C14H21FN4O.HI/c1-10(2)8-17-14(16-3)18-9-13(20)19-12-6-4-11(15)5-7-12;/h4-7,10H,8-9H2,1-3H3,(H,19,20)(H2,16,17,18);1H. The highest BCUT2D eigenvalue weighted by atomic mass is 127. The molecule has 1 amide bonds. The molecule has 0 atom stereocenters. The van der Waals surface area contributed by atoms with Gasteiger partial charge < -0.3 is 16.0 Å². The Labute approximate surface area is 141 Å². The number of amides is 1. The third-order valence-electron chi connectivity index (χ3n) is 2.45. The van der Waals surface area contributed by atoms with E-state index in [9.17, 15) is 9.18 Å². The Balaban J connectivity index is 0.00000400. The van der Waals surface area contributed by atoms with Crippen LogP contribution < -0.4 is 16.0 Å². The van der Waals surface area contributed by atoms with E-state index >= 15 is 0 Å². The molecular weight excluding hydrogens is 386 g/mol. The Bertz CT molecular complexity index is 463. The first-order valence-corrected chi connectivity index (χ1v) is 6.51. The van der Waals surface area contributed by atoms with Crippen LogP contribution in [0.25, 0.3) is 0 Å². The Hall–Kier alpha value is -1.38. The summed E-state index contributed by atoms with van der Waals surface area (Å²) >= 11 is 0. The molecule has 0 fully saturated rings. The minimum Gasteiger partial charge on any atom is -0.356 e. The molecule has 0 heterocycles. The molecule has 1 aromatic carbocycles. The molecule has 0 saturated carbocycles. The van der Waals surface area contributed by atoms with Gasteiger partial charge in [0.05, 0.1) is 6.54 Å². The molecule has 0 spiro atoms. The van der Waals surface area contributed by atoms with Crippen LogP contribution in [0.2, 0.25) is 0 Å². The minimum absolute atomic E-state index is 0. The maximum Gasteiger partial charge on any atom is 0.243 e. The molecule has 1 rings (SSSR count). The van der Waals surface area contributed by atoms with Crippen molar-refractivity contribution in [3.8, 4) is 0 Å². The number of rotatable bonds is 5. The first-order chi connectivity index (χ1) is 9.51. The van der Waals surface area contributed by atoms with Crippen LogP contribution >= 0.6 is 24.0 Å². The van der Waals surface area contributed by atoms with Crippen LogP contribution in [0.15, 0.2) is 29.3 Å². The molecule has 0 aliphatic rings. The summed E-state index contributed by atoms with van der Waals surface area (Å²) in [5, 5.41) is 8.68. The van der Waals surface area contributed by atoms with E-state index in [2.05, 4.69) is 34.8 Å². The second-order valence-corrected chi connectivity index (χ2v) is 4.76. The topological polar surface area (TPSA) is 65.5 Å². The van der Waals surface area contributed by atoms with Gasteiger partial charge in [-0.15, -0.1) is 24.0 Å². The Kier molecular flexibility index (Phi) is 9.68. The molecule has 0 aromatic heterocycles. The van der Waals surface area contributed by atoms with E-state index < -0.39 is 0 Å². The van der Waals surface area contributed by atoms with Crippen molar-refractivity contribution in [2.24, 2.45) is 10.9 Å². The van der Waals surface area contributed by atoms with E-state index in [1.165, 1.54) is 24.3 Å². The summed E-state index contributed by atoms with van der Waals surface area (Å²) in [6.07, 6.45) is 0. The third kappa shape index (κ3) is 8.49. The summed E-state index contributed by atoms with van der Waals surface area (Å²) in [7, 11) is 1.65. The number of guanidine groups is 1. The van der Waals surface area contributed by atoms with Gasteiger partial charge in [0.15, 0.2) is 5.96 Å². The molecule has 0 unspecified atom stereocenters. The lowest BCUT2D eigenvalue weighted by atomic mass is 10.2. The van der Waals surface area contributed by atoms with Crippen molar-refractivity contribution in [3.05, 3.63) is 30.1 Å². The molecule has 0 saturated heterocycles. The number of hydrogen-bond acceptors (Lipinski definition) is 2. The first kappa shape index (κ1) is 19.6. The highest BCUT2D eigenvalue weighted by molar-refractivity contribution is 14.0. The number of halogens is 2. The van der Waals surface area contributed by atoms with E-state index in [0.29, 0.717) is 17.6 Å². The maximum atomic E-state index is 12.7. The lowest BCUT2D eigenvalue weighted by Crippen LogP contribution is -2.42. The van der Waals surface area contributed by atoms with Crippen LogP contribution in [-0.4, -0.2) is 32.0 Å².